The van der Waals surface area contributed by atoms with E-state index in [0.717, 1.165) is 51.4 Å². The maximum absolute atomic E-state index is 13.2. The first-order valence-corrected chi connectivity index (χ1v) is 26.3. The molecule has 14 heteroatoms. The second kappa shape index (κ2) is 37.9. The Labute approximate surface area is 387 Å². The number of rotatable bonds is 41. The monoisotopic (exact) mass is 920 g/mol. The summed E-state index contributed by atoms with van der Waals surface area (Å²) < 4.78 is 22.7. The molecule has 2 aliphatic rings. The highest BCUT2D eigenvalue weighted by Crippen LogP contribution is 2.30. The predicted octanol–water partition coefficient (Wildman–Crippen LogP) is 7.00. The number of carbonyl (C=O) groups excluding carboxylic acids is 1. The van der Waals surface area contributed by atoms with E-state index in [1.807, 2.05) is 0 Å². The zero-order valence-corrected chi connectivity index (χ0v) is 40.3. The van der Waals surface area contributed by atoms with Crippen LogP contribution in [0.2, 0.25) is 0 Å². The fraction of sp³-hybridized carbons (Fsp3) is 0.980. The molecule has 1 amide bonds. The lowest BCUT2D eigenvalue weighted by molar-refractivity contribution is -0.359. The molecule has 9 N–H and O–H groups in total. The minimum absolute atomic E-state index is 0.204. The third-order valence-corrected chi connectivity index (χ3v) is 13.3. The first kappa shape index (κ1) is 59.1. The van der Waals surface area contributed by atoms with Crippen LogP contribution >= 0.6 is 0 Å². The number of ether oxygens (including phenoxy) is 4. The zero-order chi connectivity index (χ0) is 46.8. The third-order valence-electron chi connectivity index (χ3n) is 13.3. The minimum Gasteiger partial charge on any atom is -0.394 e. The van der Waals surface area contributed by atoms with E-state index >= 15 is 0 Å². The first-order valence-electron chi connectivity index (χ1n) is 26.3. The van der Waals surface area contributed by atoms with Crippen molar-refractivity contribution < 1.29 is 64.6 Å². The molecule has 64 heavy (non-hydrogen) atoms. The van der Waals surface area contributed by atoms with Gasteiger partial charge < -0.3 is 65.1 Å². The quantitative estimate of drug-likeness (QED) is 0.0282. The number of unbranched alkanes of at least 4 members (excludes halogenated alkanes) is 28. The summed E-state index contributed by atoms with van der Waals surface area (Å²) in [6.45, 7) is 2.85. The highest BCUT2D eigenvalue weighted by molar-refractivity contribution is 5.76. The molecule has 2 rings (SSSR count). The van der Waals surface area contributed by atoms with Gasteiger partial charge in [0.15, 0.2) is 12.6 Å². The lowest BCUT2D eigenvalue weighted by atomic mass is 9.97. The number of hydrogen-bond acceptors (Lipinski definition) is 13. The molecule has 14 nitrogen and oxygen atoms in total. The van der Waals surface area contributed by atoms with Crippen molar-refractivity contribution in [1.82, 2.24) is 5.32 Å². The summed E-state index contributed by atoms with van der Waals surface area (Å²) in [5.74, 6) is -0.204. The molecule has 12 unspecified atom stereocenters. The highest BCUT2D eigenvalue weighted by atomic mass is 16.7. The number of carbonyl (C=O) groups is 1. The van der Waals surface area contributed by atoms with Crippen LogP contribution in [-0.2, 0) is 23.7 Å². The van der Waals surface area contributed by atoms with Crippen molar-refractivity contribution in [3.05, 3.63) is 0 Å². The van der Waals surface area contributed by atoms with E-state index in [-0.39, 0.29) is 12.5 Å². The van der Waals surface area contributed by atoms with Gasteiger partial charge in [0.2, 0.25) is 5.91 Å². The molecule has 0 aromatic carbocycles. The topological polar surface area (TPSA) is 228 Å². The maximum atomic E-state index is 13.2. The van der Waals surface area contributed by atoms with Crippen molar-refractivity contribution >= 4 is 5.91 Å². The summed E-state index contributed by atoms with van der Waals surface area (Å²) in [5.41, 5.74) is 0. The van der Waals surface area contributed by atoms with E-state index in [4.69, 9.17) is 18.9 Å². The molecule has 380 valence electrons. The molecule has 0 aromatic heterocycles. The van der Waals surface area contributed by atoms with Crippen LogP contribution in [0.5, 0.6) is 0 Å². The van der Waals surface area contributed by atoms with Gasteiger partial charge in [-0.3, -0.25) is 4.79 Å². The van der Waals surface area contributed by atoms with Crippen molar-refractivity contribution in [2.75, 3.05) is 19.8 Å². The van der Waals surface area contributed by atoms with Crippen molar-refractivity contribution in [2.24, 2.45) is 0 Å². The van der Waals surface area contributed by atoms with Crippen LogP contribution in [0.3, 0.4) is 0 Å². The van der Waals surface area contributed by atoms with Gasteiger partial charge >= 0.3 is 0 Å². The number of aliphatic hydroxyl groups is 8. The summed E-state index contributed by atoms with van der Waals surface area (Å²) in [7, 11) is 0. The van der Waals surface area contributed by atoms with Gasteiger partial charge in [-0.1, -0.05) is 200 Å². The van der Waals surface area contributed by atoms with Crippen LogP contribution in [0.1, 0.15) is 219 Å². The van der Waals surface area contributed by atoms with Crippen LogP contribution in [0.25, 0.3) is 0 Å². The molecule has 0 radical (unpaired) electrons. The molecular formula is C50H97NO13. The Hall–Kier alpha value is -1.01. The lowest BCUT2D eigenvalue weighted by Gasteiger charge is -2.46. The van der Waals surface area contributed by atoms with Gasteiger partial charge in [0.05, 0.1) is 32.0 Å². The Bertz CT molecular complexity index is 1090. The van der Waals surface area contributed by atoms with Crippen molar-refractivity contribution in [3.63, 3.8) is 0 Å². The Morgan fingerprint density at radius 3 is 1.33 bits per heavy atom. The van der Waals surface area contributed by atoms with Gasteiger partial charge in [-0.25, -0.2) is 0 Å². The van der Waals surface area contributed by atoms with Crippen molar-refractivity contribution in [1.29, 1.82) is 0 Å². The Kier molecular flexibility index (Phi) is 35.0. The van der Waals surface area contributed by atoms with Gasteiger partial charge in [0, 0.05) is 6.42 Å². The highest BCUT2D eigenvalue weighted by Gasteiger charge is 2.51. The first-order chi connectivity index (χ1) is 31.1. The van der Waals surface area contributed by atoms with E-state index in [0.29, 0.717) is 12.8 Å². The lowest BCUT2D eigenvalue weighted by Crippen LogP contribution is -2.65. The predicted molar refractivity (Wildman–Crippen MR) is 249 cm³/mol. The average Bonchev–Trinajstić information content (AvgIpc) is 3.29. The van der Waals surface area contributed by atoms with Crippen LogP contribution in [0, 0.1) is 0 Å². The van der Waals surface area contributed by atoms with E-state index in [1.165, 1.54) is 141 Å². The molecule has 2 fully saturated rings. The smallest absolute Gasteiger partial charge is 0.220 e. The Balaban J connectivity index is 1.76. The van der Waals surface area contributed by atoms with Crippen molar-refractivity contribution in [3.8, 4) is 0 Å². The van der Waals surface area contributed by atoms with E-state index in [9.17, 15) is 45.6 Å². The normalized spacial score (nSPS) is 27.2. The van der Waals surface area contributed by atoms with E-state index in [1.54, 1.807) is 0 Å². The fourth-order valence-corrected chi connectivity index (χ4v) is 9.00. The number of nitrogens with one attached hydrogen (secondary N) is 1. The largest absolute Gasteiger partial charge is 0.394 e. The van der Waals surface area contributed by atoms with Gasteiger partial charge in [-0.05, 0) is 12.8 Å². The van der Waals surface area contributed by atoms with Crippen LogP contribution in [0.4, 0.5) is 0 Å². The molecule has 0 aliphatic carbocycles. The third kappa shape index (κ3) is 24.8. The molecule has 12 atom stereocenters. The zero-order valence-electron chi connectivity index (χ0n) is 40.3. The van der Waals surface area contributed by atoms with Gasteiger partial charge in [0.1, 0.15) is 48.8 Å². The van der Waals surface area contributed by atoms with Crippen molar-refractivity contribution in [2.45, 2.75) is 293 Å². The standard InChI is InChI=1S/C50H97NO13/c1-3-5-7-9-11-13-15-16-17-18-19-20-21-22-23-24-26-28-30-32-34-42(55)51-38(39(54)33-31-29-27-25-14-12-10-8-6-4-2)37-61-49-47(60)45(58)48(41(36-53)63-49)64-50-46(59)44(57)43(56)40(35-52)62-50/h38-41,43-50,52-54,56-60H,3-37H2,1-2H3,(H,51,55). The van der Waals surface area contributed by atoms with Crippen LogP contribution < -0.4 is 5.32 Å². The van der Waals surface area contributed by atoms with Gasteiger partial charge in [-0.15, -0.1) is 0 Å². The molecule has 0 aromatic rings. The summed E-state index contributed by atoms with van der Waals surface area (Å²) in [6, 6.07) is -0.820. The SMILES string of the molecule is CCCCCCCCCCCCCCCCCCCCCCC(=O)NC(COC1OC(CO)C(OC2OC(CO)C(O)C(O)C2O)C(O)C1O)C(O)CCCCCCCCCCCC. The number of aliphatic hydroxyl groups excluding tert-OH is 8. The fourth-order valence-electron chi connectivity index (χ4n) is 9.00. The molecule has 0 bridgehead atoms. The maximum Gasteiger partial charge on any atom is 0.220 e. The number of amides is 1. The molecule has 2 heterocycles. The second-order valence-corrected chi connectivity index (χ2v) is 19.0. The Morgan fingerprint density at radius 1 is 0.500 bits per heavy atom. The minimum atomic E-state index is -1.78. The molecule has 0 saturated carbocycles. The number of hydrogen-bond donors (Lipinski definition) is 9. The Morgan fingerprint density at radius 2 is 0.891 bits per heavy atom. The van der Waals surface area contributed by atoms with E-state index < -0.39 is 86.8 Å². The second-order valence-electron chi connectivity index (χ2n) is 19.0. The molecule has 2 aliphatic heterocycles. The summed E-state index contributed by atoms with van der Waals surface area (Å²) in [4.78, 5) is 13.2. The van der Waals surface area contributed by atoms with Crippen LogP contribution in [0.15, 0.2) is 0 Å². The molecule has 0 spiro atoms. The average molecular weight is 920 g/mol. The summed E-state index contributed by atoms with van der Waals surface area (Å²) in [5, 5.41) is 86.8. The van der Waals surface area contributed by atoms with Gasteiger partial charge in [-0.2, -0.15) is 0 Å². The van der Waals surface area contributed by atoms with Crippen LogP contribution in [-0.4, -0.2) is 140 Å². The van der Waals surface area contributed by atoms with Gasteiger partial charge in [0.25, 0.3) is 0 Å². The summed E-state index contributed by atoms with van der Waals surface area (Å²) >= 11 is 0. The van der Waals surface area contributed by atoms with E-state index in [2.05, 4.69) is 19.2 Å². The summed E-state index contributed by atoms with van der Waals surface area (Å²) in [6.07, 6.45) is 21.2. The molecule has 2 saturated heterocycles. The molecular weight excluding hydrogens is 823 g/mol.